The van der Waals surface area contributed by atoms with Gasteiger partial charge in [0.25, 0.3) is 5.91 Å². The van der Waals surface area contributed by atoms with Crippen LogP contribution in [0.2, 0.25) is 5.02 Å². The summed E-state index contributed by atoms with van der Waals surface area (Å²) < 4.78 is 11.9. The molecule has 1 amide bonds. The molecule has 0 radical (unpaired) electrons. The van der Waals surface area contributed by atoms with E-state index in [-0.39, 0.29) is 18.9 Å². The minimum atomic E-state index is -0.942. The van der Waals surface area contributed by atoms with Crippen molar-refractivity contribution in [2.75, 3.05) is 18.1 Å². The van der Waals surface area contributed by atoms with Crippen molar-refractivity contribution in [1.29, 1.82) is 0 Å². The zero-order valence-electron chi connectivity index (χ0n) is 17.3. The summed E-state index contributed by atoms with van der Waals surface area (Å²) in [4.78, 5) is 26.1. The number of hydrogen-bond donors (Lipinski definition) is 1. The summed E-state index contributed by atoms with van der Waals surface area (Å²) in [6.45, 7) is 4.95. The average Bonchev–Trinajstić information content (AvgIpc) is 3.07. The predicted octanol–water partition coefficient (Wildman–Crippen LogP) is 5.08. The number of carboxylic acid groups (broad SMARTS) is 1. The number of carboxylic acids is 1. The van der Waals surface area contributed by atoms with Crippen LogP contribution in [-0.4, -0.2) is 30.2 Å². The van der Waals surface area contributed by atoms with Crippen molar-refractivity contribution >= 4 is 39.9 Å². The second kappa shape index (κ2) is 8.47. The molecule has 1 aliphatic rings. The lowest BCUT2D eigenvalue weighted by molar-refractivity contribution is -0.136. The van der Waals surface area contributed by atoms with Gasteiger partial charge in [0.1, 0.15) is 11.5 Å². The maximum atomic E-state index is 13.5. The monoisotopic (exact) mass is 439 g/mol. The second-order valence-electron chi connectivity index (χ2n) is 7.17. The summed E-state index contributed by atoms with van der Waals surface area (Å²) in [7, 11) is 0. The Bertz CT molecular complexity index is 1190. The third kappa shape index (κ3) is 3.68. The van der Waals surface area contributed by atoms with Crippen LogP contribution in [0, 0.1) is 0 Å². The molecule has 0 unspecified atom stereocenters. The number of fused-ring (bicyclic) bond motifs is 2. The molecule has 0 fully saturated rings. The first-order valence-electron chi connectivity index (χ1n) is 10.1. The molecule has 0 atom stereocenters. The molecule has 4 rings (SSSR count). The van der Waals surface area contributed by atoms with Crippen LogP contribution in [0.4, 0.5) is 5.69 Å². The van der Waals surface area contributed by atoms with Crippen LogP contribution < -0.4 is 14.4 Å². The summed E-state index contributed by atoms with van der Waals surface area (Å²) in [5.74, 6) is 0.0506. The summed E-state index contributed by atoms with van der Waals surface area (Å²) in [6, 6.07) is 12.7. The molecule has 1 N–H and O–H groups in total. The number of benzene rings is 3. The predicted molar refractivity (Wildman–Crippen MR) is 120 cm³/mol. The summed E-state index contributed by atoms with van der Waals surface area (Å²) in [6.07, 6.45) is -0.136. The van der Waals surface area contributed by atoms with Crippen LogP contribution in [0.5, 0.6) is 11.5 Å². The molecule has 0 aliphatic carbocycles. The van der Waals surface area contributed by atoms with Gasteiger partial charge in [-0.25, -0.2) is 0 Å². The number of nitrogens with zero attached hydrogens (tertiary/aromatic N) is 1. The van der Waals surface area contributed by atoms with E-state index in [0.717, 1.165) is 16.3 Å². The number of carbonyl (C=O) groups excluding carboxylic acids is 1. The molecular weight excluding hydrogens is 418 g/mol. The molecule has 0 spiro atoms. The van der Waals surface area contributed by atoms with Gasteiger partial charge < -0.3 is 19.5 Å². The van der Waals surface area contributed by atoms with E-state index in [9.17, 15) is 9.59 Å². The number of ether oxygens (including phenoxy) is 2. The van der Waals surface area contributed by atoms with Crippen molar-refractivity contribution in [2.24, 2.45) is 0 Å². The van der Waals surface area contributed by atoms with Crippen LogP contribution in [0.25, 0.3) is 10.8 Å². The van der Waals surface area contributed by atoms with E-state index in [2.05, 4.69) is 0 Å². The molecule has 160 valence electrons. The van der Waals surface area contributed by atoms with E-state index in [4.69, 9.17) is 26.2 Å². The Balaban J connectivity index is 1.86. The Kier molecular flexibility index (Phi) is 5.74. The first kappa shape index (κ1) is 21.0. The highest BCUT2D eigenvalue weighted by Gasteiger charge is 2.37. The number of rotatable bonds is 7. The van der Waals surface area contributed by atoms with Crippen LogP contribution in [0.15, 0.2) is 42.5 Å². The van der Waals surface area contributed by atoms with Crippen molar-refractivity contribution in [2.45, 2.75) is 26.8 Å². The van der Waals surface area contributed by atoms with E-state index in [1.165, 1.54) is 0 Å². The van der Waals surface area contributed by atoms with Crippen molar-refractivity contribution in [3.05, 3.63) is 64.2 Å². The van der Waals surface area contributed by atoms with Gasteiger partial charge in [0, 0.05) is 16.3 Å². The lowest BCUT2D eigenvalue weighted by Crippen LogP contribution is -2.23. The first-order valence-corrected chi connectivity index (χ1v) is 10.5. The Labute approximate surface area is 184 Å². The van der Waals surface area contributed by atoms with E-state index >= 15 is 0 Å². The highest BCUT2D eigenvalue weighted by molar-refractivity contribution is 6.34. The van der Waals surface area contributed by atoms with Crippen LogP contribution in [0.3, 0.4) is 0 Å². The van der Waals surface area contributed by atoms with Gasteiger partial charge in [-0.1, -0.05) is 41.9 Å². The van der Waals surface area contributed by atoms with Crippen LogP contribution >= 0.6 is 11.6 Å². The zero-order valence-corrected chi connectivity index (χ0v) is 18.0. The molecule has 0 bridgehead atoms. The Morgan fingerprint density at radius 2 is 1.71 bits per heavy atom. The molecule has 0 aromatic heterocycles. The SMILES string of the molecule is CCOc1c2c(c(OCC)c3ccccc13)C(=O)N(c1ccc(CC(=O)O)cc1Cl)C2. The van der Waals surface area contributed by atoms with Gasteiger partial charge in [-0.15, -0.1) is 0 Å². The highest BCUT2D eigenvalue weighted by atomic mass is 35.5. The lowest BCUT2D eigenvalue weighted by Gasteiger charge is -2.18. The van der Waals surface area contributed by atoms with Gasteiger partial charge in [0.2, 0.25) is 0 Å². The van der Waals surface area contributed by atoms with Gasteiger partial charge in [-0.3, -0.25) is 9.59 Å². The van der Waals surface area contributed by atoms with Crippen molar-refractivity contribution in [3.63, 3.8) is 0 Å². The van der Waals surface area contributed by atoms with E-state index in [1.54, 1.807) is 23.1 Å². The molecule has 3 aromatic rings. The molecular formula is C24H22ClNO5. The van der Waals surface area contributed by atoms with Gasteiger partial charge in [-0.05, 0) is 31.5 Å². The number of hydrogen-bond acceptors (Lipinski definition) is 4. The molecule has 1 aliphatic heterocycles. The maximum Gasteiger partial charge on any atom is 0.307 e. The topological polar surface area (TPSA) is 76.1 Å². The molecule has 3 aromatic carbocycles. The third-order valence-corrected chi connectivity index (χ3v) is 5.53. The first-order chi connectivity index (χ1) is 15.0. The summed E-state index contributed by atoms with van der Waals surface area (Å²) >= 11 is 6.46. The van der Waals surface area contributed by atoms with Crippen LogP contribution in [-0.2, 0) is 17.8 Å². The van der Waals surface area contributed by atoms with Crippen LogP contribution in [0.1, 0.15) is 35.3 Å². The van der Waals surface area contributed by atoms with Crippen molar-refractivity contribution in [3.8, 4) is 11.5 Å². The fourth-order valence-corrected chi connectivity index (χ4v) is 4.33. The number of aliphatic carboxylic acids is 1. The molecule has 31 heavy (non-hydrogen) atoms. The van der Waals surface area contributed by atoms with Gasteiger partial charge in [-0.2, -0.15) is 0 Å². The third-order valence-electron chi connectivity index (χ3n) is 5.23. The Hall–Kier alpha value is -3.25. The minimum absolute atomic E-state index is 0.136. The van der Waals surface area contributed by atoms with Crippen molar-refractivity contribution < 1.29 is 24.2 Å². The largest absolute Gasteiger partial charge is 0.493 e. The summed E-state index contributed by atoms with van der Waals surface area (Å²) in [5.41, 5.74) is 2.33. The molecule has 0 saturated heterocycles. The fourth-order valence-electron chi connectivity index (χ4n) is 4.02. The minimum Gasteiger partial charge on any atom is -0.493 e. The number of anilines is 1. The highest BCUT2D eigenvalue weighted by Crippen LogP contribution is 2.46. The quantitative estimate of drug-likeness (QED) is 0.555. The molecule has 7 heteroatoms. The second-order valence-corrected chi connectivity index (χ2v) is 7.58. The van der Waals surface area contributed by atoms with Crippen molar-refractivity contribution in [1.82, 2.24) is 0 Å². The molecule has 1 heterocycles. The maximum absolute atomic E-state index is 13.5. The zero-order chi connectivity index (χ0) is 22.1. The number of amides is 1. The lowest BCUT2D eigenvalue weighted by atomic mass is 9.99. The van der Waals surface area contributed by atoms with Gasteiger partial charge >= 0.3 is 5.97 Å². The standard InChI is InChI=1S/C24H22ClNO5/c1-3-30-22-15-7-5-6-8-16(15)23(31-4-2)21-17(22)13-26(24(21)29)19-10-9-14(11-18(19)25)12-20(27)28/h5-11H,3-4,12-13H2,1-2H3,(H,27,28). The van der Waals surface area contributed by atoms with Gasteiger partial charge in [0.15, 0.2) is 0 Å². The number of halogens is 1. The average molecular weight is 440 g/mol. The van der Waals surface area contributed by atoms with E-state index in [0.29, 0.717) is 46.5 Å². The Morgan fingerprint density at radius 1 is 1.06 bits per heavy atom. The molecule has 6 nitrogen and oxygen atoms in total. The molecule has 0 saturated carbocycles. The Morgan fingerprint density at radius 3 is 2.32 bits per heavy atom. The van der Waals surface area contributed by atoms with E-state index in [1.807, 2.05) is 38.1 Å². The fraction of sp³-hybridized carbons (Fsp3) is 0.250. The summed E-state index contributed by atoms with van der Waals surface area (Å²) in [5, 5.41) is 11.1. The normalized spacial score (nSPS) is 12.9. The van der Waals surface area contributed by atoms with Gasteiger partial charge in [0.05, 0.1) is 42.5 Å². The number of carbonyl (C=O) groups is 2. The smallest absolute Gasteiger partial charge is 0.307 e. The van der Waals surface area contributed by atoms with E-state index < -0.39 is 5.97 Å².